The van der Waals surface area contributed by atoms with Crippen LogP contribution in [0.4, 0.5) is 0 Å². The molecule has 0 saturated heterocycles. The van der Waals surface area contributed by atoms with Crippen molar-refractivity contribution >= 4 is 11.9 Å². The van der Waals surface area contributed by atoms with E-state index in [2.05, 4.69) is 5.32 Å². The van der Waals surface area contributed by atoms with E-state index >= 15 is 0 Å². The highest BCUT2D eigenvalue weighted by Crippen LogP contribution is 2.14. The lowest BCUT2D eigenvalue weighted by Gasteiger charge is -2.15. The van der Waals surface area contributed by atoms with Gasteiger partial charge in [0.1, 0.15) is 0 Å². The average molecular weight is 327 g/mol. The summed E-state index contributed by atoms with van der Waals surface area (Å²) < 4.78 is 5.50. The second kappa shape index (κ2) is 8.26. The number of amides is 1. The van der Waals surface area contributed by atoms with Crippen LogP contribution >= 0.6 is 0 Å². The van der Waals surface area contributed by atoms with Gasteiger partial charge in [0, 0.05) is 5.56 Å². The van der Waals surface area contributed by atoms with E-state index in [4.69, 9.17) is 4.74 Å². The molecular formula is C19H21NO4. The normalized spacial score (nSPS) is 12.0. The first-order valence-corrected chi connectivity index (χ1v) is 7.76. The van der Waals surface area contributed by atoms with Gasteiger partial charge in [-0.3, -0.25) is 4.79 Å². The van der Waals surface area contributed by atoms with Crippen molar-refractivity contribution in [3.05, 3.63) is 71.3 Å². The van der Waals surface area contributed by atoms with E-state index in [1.807, 2.05) is 13.8 Å². The number of ether oxygens (including phenoxy) is 1. The Morgan fingerprint density at radius 2 is 1.67 bits per heavy atom. The van der Waals surface area contributed by atoms with Crippen molar-refractivity contribution in [2.75, 3.05) is 0 Å². The minimum Gasteiger partial charge on any atom is -0.479 e. The summed E-state index contributed by atoms with van der Waals surface area (Å²) in [4.78, 5) is 23.7. The van der Waals surface area contributed by atoms with Crippen LogP contribution in [-0.4, -0.2) is 23.1 Å². The fraction of sp³-hybridized carbons (Fsp3) is 0.263. The predicted octanol–water partition coefficient (Wildman–Crippen LogP) is 3.17. The summed E-state index contributed by atoms with van der Waals surface area (Å²) in [6.45, 7) is 4.39. The van der Waals surface area contributed by atoms with Crippen molar-refractivity contribution in [1.29, 1.82) is 0 Å². The maximum absolute atomic E-state index is 12.3. The molecule has 0 aromatic heterocycles. The van der Waals surface area contributed by atoms with Gasteiger partial charge in [-0.1, -0.05) is 42.5 Å². The third-order valence-electron chi connectivity index (χ3n) is 3.45. The molecule has 0 fully saturated rings. The van der Waals surface area contributed by atoms with E-state index in [0.717, 1.165) is 5.56 Å². The molecule has 126 valence electrons. The molecule has 1 amide bonds. The standard InChI is InChI=1S/C19H21NO4/c1-13(2)24-12-14-8-10-16(11-9-14)18(21)20-17(19(22)23)15-6-4-3-5-7-15/h3-11,13,17H,12H2,1-2H3,(H,20,21)(H,22,23)/t17-/m1/s1. The molecule has 0 radical (unpaired) electrons. The molecule has 2 aromatic rings. The van der Waals surface area contributed by atoms with E-state index in [0.29, 0.717) is 17.7 Å². The Morgan fingerprint density at radius 3 is 2.21 bits per heavy atom. The van der Waals surface area contributed by atoms with Gasteiger partial charge in [0.05, 0.1) is 12.7 Å². The maximum atomic E-state index is 12.3. The van der Waals surface area contributed by atoms with Crippen LogP contribution in [0.1, 0.15) is 41.4 Å². The van der Waals surface area contributed by atoms with Gasteiger partial charge in [-0.05, 0) is 37.1 Å². The first-order chi connectivity index (χ1) is 11.5. The number of nitrogens with one attached hydrogen (secondary N) is 1. The van der Waals surface area contributed by atoms with Crippen LogP contribution in [-0.2, 0) is 16.1 Å². The predicted molar refractivity (Wildman–Crippen MR) is 90.7 cm³/mol. The number of hydrogen-bond acceptors (Lipinski definition) is 3. The summed E-state index contributed by atoms with van der Waals surface area (Å²) in [5.41, 5.74) is 1.89. The third-order valence-corrected chi connectivity index (χ3v) is 3.45. The highest BCUT2D eigenvalue weighted by molar-refractivity contribution is 5.96. The monoisotopic (exact) mass is 327 g/mol. The Labute approximate surface area is 141 Å². The van der Waals surface area contributed by atoms with Gasteiger partial charge in [-0.15, -0.1) is 0 Å². The molecule has 0 heterocycles. The molecule has 5 heteroatoms. The van der Waals surface area contributed by atoms with Crippen molar-refractivity contribution < 1.29 is 19.4 Å². The number of benzene rings is 2. The summed E-state index contributed by atoms with van der Waals surface area (Å²) in [5, 5.41) is 11.9. The van der Waals surface area contributed by atoms with Crippen molar-refractivity contribution in [3.63, 3.8) is 0 Å². The quantitative estimate of drug-likeness (QED) is 0.819. The van der Waals surface area contributed by atoms with Crippen molar-refractivity contribution in [3.8, 4) is 0 Å². The summed E-state index contributed by atoms with van der Waals surface area (Å²) in [6.07, 6.45) is 0.134. The van der Waals surface area contributed by atoms with Crippen LogP contribution < -0.4 is 5.32 Å². The van der Waals surface area contributed by atoms with Crippen LogP contribution in [0.25, 0.3) is 0 Å². The minimum atomic E-state index is -1.10. The lowest BCUT2D eigenvalue weighted by atomic mass is 10.1. The summed E-state index contributed by atoms with van der Waals surface area (Å²) in [7, 11) is 0. The summed E-state index contributed by atoms with van der Waals surface area (Å²) >= 11 is 0. The molecule has 0 saturated carbocycles. The zero-order valence-corrected chi connectivity index (χ0v) is 13.7. The fourth-order valence-corrected chi connectivity index (χ4v) is 2.16. The lowest BCUT2D eigenvalue weighted by molar-refractivity contribution is -0.139. The third kappa shape index (κ3) is 4.93. The zero-order chi connectivity index (χ0) is 17.5. The minimum absolute atomic E-state index is 0.134. The molecular weight excluding hydrogens is 306 g/mol. The molecule has 2 aromatic carbocycles. The number of aliphatic carboxylic acids is 1. The van der Waals surface area contributed by atoms with E-state index in [1.54, 1.807) is 54.6 Å². The number of carboxylic acid groups (broad SMARTS) is 1. The SMILES string of the molecule is CC(C)OCc1ccc(C(=O)N[C@@H](C(=O)O)c2ccccc2)cc1. The smallest absolute Gasteiger partial charge is 0.330 e. The molecule has 0 aliphatic heterocycles. The topological polar surface area (TPSA) is 75.6 Å². The average Bonchev–Trinajstić information content (AvgIpc) is 2.58. The Bertz CT molecular complexity index is 680. The van der Waals surface area contributed by atoms with Gasteiger partial charge in [0.15, 0.2) is 6.04 Å². The zero-order valence-electron chi connectivity index (χ0n) is 13.7. The Balaban J connectivity index is 2.06. The number of carbonyl (C=O) groups excluding carboxylic acids is 1. The number of carboxylic acids is 1. The van der Waals surface area contributed by atoms with Crippen molar-refractivity contribution in [2.24, 2.45) is 0 Å². The molecule has 1 atom stereocenters. The number of carbonyl (C=O) groups is 2. The number of hydrogen-bond donors (Lipinski definition) is 2. The van der Waals surface area contributed by atoms with E-state index in [-0.39, 0.29) is 6.10 Å². The molecule has 0 bridgehead atoms. The van der Waals surface area contributed by atoms with Gasteiger partial charge in [-0.2, -0.15) is 0 Å². The van der Waals surface area contributed by atoms with E-state index in [9.17, 15) is 14.7 Å². The number of rotatable bonds is 7. The lowest BCUT2D eigenvalue weighted by Crippen LogP contribution is -2.33. The molecule has 2 rings (SSSR count). The van der Waals surface area contributed by atoms with Gasteiger partial charge >= 0.3 is 5.97 Å². The largest absolute Gasteiger partial charge is 0.479 e. The second-order valence-electron chi connectivity index (χ2n) is 5.71. The summed E-state index contributed by atoms with van der Waals surface area (Å²) in [6, 6.07) is 14.5. The molecule has 0 unspecified atom stereocenters. The van der Waals surface area contributed by atoms with Crippen molar-refractivity contribution in [1.82, 2.24) is 5.32 Å². The molecule has 24 heavy (non-hydrogen) atoms. The summed E-state index contributed by atoms with van der Waals surface area (Å²) in [5.74, 6) is -1.53. The first kappa shape index (κ1) is 17.7. The Morgan fingerprint density at radius 1 is 1.04 bits per heavy atom. The Hall–Kier alpha value is -2.66. The van der Waals surface area contributed by atoms with Gasteiger partial charge in [0.2, 0.25) is 0 Å². The van der Waals surface area contributed by atoms with Crippen LogP contribution in [0.2, 0.25) is 0 Å². The van der Waals surface area contributed by atoms with Crippen LogP contribution in [0.3, 0.4) is 0 Å². The second-order valence-corrected chi connectivity index (χ2v) is 5.71. The van der Waals surface area contributed by atoms with Crippen LogP contribution in [0, 0.1) is 0 Å². The van der Waals surface area contributed by atoms with Crippen LogP contribution in [0.5, 0.6) is 0 Å². The van der Waals surface area contributed by atoms with Gasteiger partial charge in [0.25, 0.3) is 5.91 Å². The fourth-order valence-electron chi connectivity index (χ4n) is 2.16. The molecule has 2 N–H and O–H groups in total. The van der Waals surface area contributed by atoms with E-state index in [1.165, 1.54) is 0 Å². The first-order valence-electron chi connectivity index (χ1n) is 7.76. The molecule has 0 aliphatic carbocycles. The molecule has 0 aliphatic rings. The van der Waals surface area contributed by atoms with Gasteiger partial charge in [-0.25, -0.2) is 4.79 Å². The molecule has 5 nitrogen and oxygen atoms in total. The maximum Gasteiger partial charge on any atom is 0.330 e. The van der Waals surface area contributed by atoms with E-state index < -0.39 is 17.9 Å². The highest BCUT2D eigenvalue weighted by Gasteiger charge is 2.22. The molecule has 0 spiro atoms. The van der Waals surface area contributed by atoms with Crippen LogP contribution in [0.15, 0.2) is 54.6 Å². The highest BCUT2D eigenvalue weighted by atomic mass is 16.5. The van der Waals surface area contributed by atoms with Gasteiger partial charge < -0.3 is 15.2 Å². The Kier molecular flexibility index (Phi) is 6.09. The van der Waals surface area contributed by atoms with Crippen molar-refractivity contribution in [2.45, 2.75) is 32.6 Å².